The minimum atomic E-state index is -0.229. The van der Waals surface area contributed by atoms with Crippen molar-refractivity contribution in [3.05, 3.63) is 63.5 Å². The predicted octanol–water partition coefficient (Wildman–Crippen LogP) is 2.20. The standard InChI is InChI=1S/C17H13BrN4O2/c18-15-13(9-23)21-22-14(5-6-19-16(15)22)17(24)20-12-7-10-3-1-2-4-11(10)8-12/h1-6,9,12H,7-8H2,(H,20,24). The number of nitrogens with zero attached hydrogens (tertiary/aromatic N) is 3. The van der Waals surface area contributed by atoms with Gasteiger partial charge in [0.1, 0.15) is 11.4 Å². The number of amides is 1. The van der Waals surface area contributed by atoms with Crippen molar-refractivity contribution in [1.29, 1.82) is 0 Å². The van der Waals surface area contributed by atoms with Crippen LogP contribution in [0.4, 0.5) is 0 Å². The zero-order chi connectivity index (χ0) is 16.7. The first-order chi connectivity index (χ1) is 11.7. The molecule has 0 spiro atoms. The van der Waals surface area contributed by atoms with E-state index in [4.69, 9.17) is 0 Å². The minimum absolute atomic E-state index is 0.0580. The van der Waals surface area contributed by atoms with E-state index in [9.17, 15) is 9.59 Å². The Hall–Kier alpha value is -2.54. The van der Waals surface area contributed by atoms with E-state index in [1.165, 1.54) is 21.8 Å². The van der Waals surface area contributed by atoms with E-state index in [0.29, 0.717) is 22.1 Å². The van der Waals surface area contributed by atoms with Gasteiger partial charge in [0, 0.05) is 12.2 Å². The third-order valence-corrected chi connectivity index (χ3v) is 4.98. The molecule has 0 bridgehead atoms. The lowest BCUT2D eigenvalue weighted by Crippen LogP contribution is -2.36. The second-order valence-corrected chi connectivity index (χ2v) is 6.52. The number of hydrogen-bond donors (Lipinski definition) is 1. The first kappa shape index (κ1) is 15.0. The van der Waals surface area contributed by atoms with Crippen molar-refractivity contribution in [3.63, 3.8) is 0 Å². The third-order valence-electron chi connectivity index (χ3n) is 4.22. The van der Waals surface area contributed by atoms with E-state index in [-0.39, 0.29) is 17.6 Å². The average Bonchev–Trinajstić information content (AvgIpc) is 3.15. The van der Waals surface area contributed by atoms with Gasteiger partial charge in [-0.05, 0) is 46.0 Å². The molecule has 120 valence electrons. The van der Waals surface area contributed by atoms with Crippen molar-refractivity contribution in [2.45, 2.75) is 18.9 Å². The molecular weight excluding hydrogens is 372 g/mol. The number of aldehydes is 1. The van der Waals surface area contributed by atoms with Crippen LogP contribution >= 0.6 is 15.9 Å². The first-order valence-corrected chi connectivity index (χ1v) is 8.32. The van der Waals surface area contributed by atoms with Crippen LogP contribution < -0.4 is 5.32 Å². The summed E-state index contributed by atoms with van der Waals surface area (Å²) in [5.74, 6) is -0.229. The number of aromatic nitrogens is 3. The summed E-state index contributed by atoms with van der Waals surface area (Å²) in [4.78, 5) is 27.9. The number of carbonyl (C=O) groups excluding carboxylic acids is 2. The van der Waals surface area contributed by atoms with Gasteiger partial charge in [-0.2, -0.15) is 5.10 Å². The summed E-state index contributed by atoms with van der Waals surface area (Å²) >= 11 is 3.29. The van der Waals surface area contributed by atoms with Crippen LogP contribution in [-0.4, -0.2) is 32.8 Å². The van der Waals surface area contributed by atoms with Crippen LogP contribution in [0.1, 0.15) is 32.1 Å². The predicted molar refractivity (Wildman–Crippen MR) is 91.2 cm³/mol. The molecule has 0 aliphatic heterocycles. The van der Waals surface area contributed by atoms with Gasteiger partial charge < -0.3 is 5.32 Å². The zero-order valence-corrected chi connectivity index (χ0v) is 14.2. The van der Waals surface area contributed by atoms with Crippen molar-refractivity contribution in [1.82, 2.24) is 19.9 Å². The van der Waals surface area contributed by atoms with Gasteiger partial charge in [-0.1, -0.05) is 24.3 Å². The molecule has 1 aromatic carbocycles. The molecule has 24 heavy (non-hydrogen) atoms. The fraction of sp³-hybridized carbons (Fsp3) is 0.176. The van der Waals surface area contributed by atoms with Crippen molar-refractivity contribution >= 4 is 33.8 Å². The molecule has 1 aliphatic carbocycles. The largest absolute Gasteiger partial charge is 0.347 e. The molecule has 1 N–H and O–H groups in total. The van der Waals surface area contributed by atoms with Gasteiger partial charge in [-0.15, -0.1) is 0 Å². The molecule has 1 aliphatic rings. The summed E-state index contributed by atoms with van der Waals surface area (Å²) < 4.78 is 1.88. The van der Waals surface area contributed by atoms with Crippen LogP contribution in [0.2, 0.25) is 0 Å². The molecule has 0 unspecified atom stereocenters. The van der Waals surface area contributed by atoms with Gasteiger partial charge >= 0.3 is 0 Å². The Kier molecular flexibility index (Phi) is 3.65. The molecule has 2 heterocycles. The summed E-state index contributed by atoms with van der Waals surface area (Å²) in [6, 6.07) is 9.86. The quantitative estimate of drug-likeness (QED) is 0.702. The molecule has 0 saturated heterocycles. The maximum absolute atomic E-state index is 12.7. The van der Waals surface area contributed by atoms with Crippen molar-refractivity contribution in [3.8, 4) is 0 Å². The highest BCUT2D eigenvalue weighted by Crippen LogP contribution is 2.23. The molecule has 0 saturated carbocycles. The van der Waals surface area contributed by atoms with E-state index >= 15 is 0 Å². The van der Waals surface area contributed by atoms with Gasteiger partial charge in [0.15, 0.2) is 11.9 Å². The summed E-state index contributed by atoms with van der Waals surface area (Å²) in [6.45, 7) is 0. The SMILES string of the molecule is O=Cc1nn2c(C(=O)NC3Cc4ccccc4C3)ccnc2c1Br. The highest BCUT2D eigenvalue weighted by Gasteiger charge is 2.24. The Bertz CT molecular complexity index is 941. The van der Waals surface area contributed by atoms with Crippen LogP contribution in [0.3, 0.4) is 0 Å². The van der Waals surface area contributed by atoms with Crippen molar-refractivity contribution < 1.29 is 9.59 Å². The second-order valence-electron chi connectivity index (χ2n) is 5.73. The van der Waals surface area contributed by atoms with Gasteiger partial charge in [0.25, 0.3) is 5.91 Å². The number of halogens is 1. The van der Waals surface area contributed by atoms with Crippen LogP contribution in [0, 0.1) is 0 Å². The zero-order valence-electron chi connectivity index (χ0n) is 12.6. The molecule has 0 fully saturated rings. The van der Waals surface area contributed by atoms with Crippen LogP contribution in [0.5, 0.6) is 0 Å². The van der Waals surface area contributed by atoms with Crippen molar-refractivity contribution in [2.75, 3.05) is 0 Å². The maximum atomic E-state index is 12.7. The minimum Gasteiger partial charge on any atom is -0.347 e. The van der Waals surface area contributed by atoms with E-state index in [0.717, 1.165) is 12.8 Å². The van der Waals surface area contributed by atoms with E-state index in [1.807, 2.05) is 12.1 Å². The number of hydrogen-bond acceptors (Lipinski definition) is 4. The number of rotatable bonds is 3. The van der Waals surface area contributed by atoms with Gasteiger partial charge in [0.2, 0.25) is 0 Å². The number of fused-ring (bicyclic) bond motifs is 2. The lowest BCUT2D eigenvalue weighted by Gasteiger charge is -2.12. The summed E-state index contributed by atoms with van der Waals surface area (Å²) in [5, 5.41) is 7.19. The molecule has 0 radical (unpaired) electrons. The molecule has 2 aromatic heterocycles. The molecular formula is C17H13BrN4O2. The molecule has 3 aromatic rings. The lowest BCUT2D eigenvalue weighted by atomic mass is 10.1. The van der Waals surface area contributed by atoms with E-state index in [1.54, 1.807) is 6.07 Å². The summed E-state index contributed by atoms with van der Waals surface area (Å²) in [7, 11) is 0. The maximum Gasteiger partial charge on any atom is 0.270 e. The molecule has 7 heteroatoms. The Morgan fingerprint density at radius 1 is 1.25 bits per heavy atom. The lowest BCUT2D eigenvalue weighted by molar-refractivity contribution is 0.0930. The molecule has 6 nitrogen and oxygen atoms in total. The average molecular weight is 385 g/mol. The van der Waals surface area contributed by atoms with Gasteiger partial charge in [-0.3, -0.25) is 9.59 Å². The smallest absolute Gasteiger partial charge is 0.270 e. The Labute approximate surface area is 146 Å². The first-order valence-electron chi connectivity index (χ1n) is 7.53. The van der Waals surface area contributed by atoms with Gasteiger partial charge in [-0.25, -0.2) is 9.50 Å². The van der Waals surface area contributed by atoms with E-state index in [2.05, 4.69) is 43.5 Å². The third kappa shape index (κ3) is 2.41. The highest BCUT2D eigenvalue weighted by atomic mass is 79.9. The highest BCUT2D eigenvalue weighted by molar-refractivity contribution is 9.10. The normalized spacial score (nSPS) is 13.9. The van der Waals surface area contributed by atoms with Crippen LogP contribution in [-0.2, 0) is 12.8 Å². The Morgan fingerprint density at radius 2 is 1.96 bits per heavy atom. The molecule has 0 atom stereocenters. The Morgan fingerprint density at radius 3 is 2.62 bits per heavy atom. The number of nitrogens with one attached hydrogen (secondary N) is 1. The molecule has 1 amide bonds. The van der Waals surface area contributed by atoms with Gasteiger partial charge in [0.05, 0.1) is 4.47 Å². The number of benzene rings is 1. The fourth-order valence-electron chi connectivity index (χ4n) is 3.10. The Balaban J connectivity index is 1.62. The van der Waals surface area contributed by atoms with Crippen molar-refractivity contribution in [2.24, 2.45) is 0 Å². The second kappa shape index (κ2) is 5.83. The summed E-state index contributed by atoms with van der Waals surface area (Å²) in [5.41, 5.74) is 3.56. The molecule has 4 rings (SSSR count). The van der Waals surface area contributed by atoms with Crippen LogP contribution in [0.25, 0.3) is 5.65 Å². The topological polar surface area (TPSA) is 76.4 Å². The number of carbonyl (C=O) groups is 2. The monoisotopic (exact) mass is 384 g/mol. The fourth-order valence-corrected chi connectivity index (χ4v) is 3.55. The van der Waals surface area contributed by atoms with E-state index < -0.39 is 0 Å². The summed E-state index contributed by atoms with van der Waals surface area (Å²) in [6.07, 6.45) is 3.81. The van der Waals surface area contributed by atoms with Crippen LogP contribution in [0.15, 0.2) is 41.0 Å².